The van der Waals surface area contributed by atoms with Gasteiger partial charge in [0.15, 0.2) is 10.8 Å². The number of imidazole rings is 1. The molecule has 1 aromatic carbocycles. The Bertz CT molecular complexity index is 851. The van der Waals surface area contributed by atoms with Gasteiger partial charge in [0.1, 0.15) is 5.52 Å². The lowest BCUT2D eigenvalue weighted by molar-refractivity contribution is 0.102. The number of benzene rings is 1. The molecule has 0 fully saturated rings. The molecule has 3 rings (SSSR count). The second kappa shape index (κ2) is 5.59. The van der Waals surface area contributed by atoms with E-state index in [0.29, 0.717) is 26.2 Å². The molecule has 0 aliphatic heterocycles. The number of nitrogens with one attached hydrogen (secondary N) is 2. The molecule has 0 unspecified atom stereocenters. The van der Waals surface area contributed by atoms with Crippen LogP contribution in [-0.2, 0) is 0 Å². The highest BCUT2D eigenvalue weighted by atomic mass is 79.9. The second-order valence-corrected chi connectivity index (χ2v) is 5.58. The highest BCUT2D eigenvalue weighted by molar-refractivity contribution is 9.10. The summed E-state index contributed by atoms with van der Waals surface area (Å²) in [5.41, 5.74) is 1.17. The number of carbonyl (C=O) groups excluding carboxylic acids is 1. The van der Waals surface area contributed by atoms with E-state index < -0.39 is 5.91 Å². The number of H-pyrrole nitrogens is 1. The Balaban J connectivity index is 1.94. The first-order valence-electron chi connectivity index (χ1n) is 5.68. The highest BCUT2D eigenvalue weighted by Crippen LogP contribution is 2.26. The summed E-state index contributed by atoms with van der Waals surface area (Å²) >= 11 is 15.3. The number of aromatic amines is 1. The standard InChI is InChI=1S/C12H6BrCl2N5O/c13-6-3-1-2-5(7(6)14)11(21)20-12-18-9(15)8-10(19-12)17-4-16-8/h1-4H,(H2,16,17,18,19,20,21). The summed E-state index contributed by atoms with van der Waals surface area (Å²) in [7, 11) is 0. The fraction of sp³-hybridized carbons (Fsp3) is 0. The lowest BCUT2D eigenvalue weighted by Gasteiger charge is -2.06. The maximum Gasteiger partial charge on any atom is 0.259 e. The maximum atomic E-state index is 12.2. The van der Waals surface area contributed by atoms with Gasteiger partial charge in [0.25, 0.3) is 5.91 Å². The predicted octanol–water partition coefficient (Wildman–Crippen LogP) is 3.67. The van der Waals surface area contributed by atoms with Gasteiger partial charge in [0, 0.05) is 4.47 Å². The van der Waals surface area contributed by atoms with Gasteiger partial charge in [-0.2, -0.15) is 9.97 Å². The first-order chi connectivity index (χ1) is 10.1. The fourth-order valence-corrected chi connectivity index (χ4v) is 2.50. The summed E-state index contributed by atoms with van der Waals surface area (Å²) in [6.45, 7) is 0. The molecule has 9 heteroatoms. The van der Waals surface area contributed by atoms with Crippen molar-refractivity contribution in [2.24, 2.45) is 0 Å². The van der Waals surface area contributed by atoms with E-state index in [2.05, 4.69) is 41.2 Å². The molecule has 0 bridgehead atoms. The van der Waals surface area contributed by atoms with E-state index in [-0.39, 0.29) is 11.1 Å². The number of amides is 1. The topological polar surface area (TPSA) is 83.6 Å². The second-order valence-electron chi connectivity index (χ2n) is 3.99. The van der Waals surface area contributed by atoms with E-state index >= 15 is 0 Å². The molecule has 0 aliphatic carbocycles. The van der Waals surface area contributed by atoms with Gasteiger partial charge < -0.3 is 4.98 Å². The van der Waals surface area contributed by atoms with Crippen molar-refractivity contribution in [2.75, 3.05) is 5.32 Å². The molecule has 0 spiro atoms. The van der Waals surface area contributed by atoms with Gasteiger partial charge >= 0.3 is 0 Å². The smallest absolute Gasteiger partial charge is 0.259 e. The van der Waals surface area contributed by atoms with Gasteiger partial charge in [0.2, 0.25) is 5.95 Å². The van der Waals surface area contributed by atoms with Gasteiger partial charge in [-0.1, -0.05) is 29.3 Å². The number of rotatable bonds is 2. The first kappa shape index (κ1) is 14.2. The molecule has 0 saturated heterocycles. The average molecular weight is 387 g/mol. The summed E-state index contributed by atoms with van der Waals surface area (Å²) < 4.78 is 0.624. The van der Waals surface area contributed by atoms with Crippen molar-refractivity contribution in [3.05, 3.63) is 44.7 Å². The zero-order valence-electron chi connectivity index (χ0n) is 10.2. The third kappa shape index (κ3) is 2.72. The van der Waals surface area contributed by atoms with Crippen molar-refractivity contribution in [1.82, 2.24) is 19.9 Å². The minimum absolute atomic E-state index is 0.0562. The molecule has 0 aliphatic rings. The van der Waals surface area contributed by atoms with Gasteiger partial charge in [-0.05, 0) is 28.1 Å². The Morgan fingerprint density at radius 3 is 2.90 bits per heavy atom. The van der Waals surface area contributed by atoms with E-state index in [1.54, 1.807) is 18.2 Å². The molecule has 106 valence electrons. The van der Waals surface area contributed by atoms with E-state index in [9.17, 15) is 4.79 Å². The molecule has 0 atom stereocenters. The molecule has 0 saturated carbocycles. The third-order valence-corrected chi connectivity index (χ3v) is 4.23. The molecule has 1 amide bonds. The molecule has 6 nitrogen and oxygen atoms in total. The fourth-order valence-electron chi connectivity index (χ4n) is 1.70. The van der Waals surface area contributed by atoms with Crippen molar-refractivity contribution in [2.45, 2.75) is 0 Å². The van der Waals surface area contributed by atoms with E-state index in [0.717, 1.165) is 0 Å². The molecule has 2 heterocycles. The largest absolute Gasteiger partial charge is 0.341 e. The molecule has 2 N–H and O–H groups in total. The lowest BCUT2D eigenvalue weighted by atomic mass is 10.2. The number of halogens is 3. The SMILES string of the molecule is O=C(Nc1nc(Cl)c2[nH]cnc2n1)c1cccc(Br)c1Cl. The van der Waals surface area contributed by atoms with Crippen LogP contribution in [0.25, 0.3) is 11.2 Å². The number of carbonyl (C=O) groups is 1. The monoisotopic (exact) mass is 385 g/mol. The predicted molar refractivity (Wildman–Crippen MR) is 83.8 cm³/mol. The Morgan fingerprint density at radius 2 is 2.10 bits per heavy atom. The third-order valence-electron chi connectivity index (χ3n) is 2.66. The molecule has 21 heavy (non-hydrogen) atoms. The Hall–Kier alpha value is -1.70. The number of hydrogen-bond acceptors (Lipinski definition) is 4. The quantitative estimate of drug-likeness (QED) is 0.658. The summed E-state index contributed by atoms with van der Waals surface area (Å²) in [4.78, 5) is 27.1. The minimum atomic E-state index is -0.438. The normalized spacial score (nSPS) is 10.8. The van der Waals surface area contributed by atoms with Crippen molar-refractivity contribution >= 4 is 62.2 Å². The van der Waals surface area contributed by atoms with Crippen LogP contribution in [0.1, 0.15) is 10.4 Å². The number of nitrogens with zero attached hydrogens (tertiary/aromatic N) is 3. The van der Waals surface area contributed by atoms with E-state index in [4.69, 9.17) is 23.2 Å². The Kier molecular flexibility index (Phi) is 3.79. The summed E-state index contributed by atoms with van der Waals surface area (Å²) in [5.74, 6) is -0.382. The molecule has 0 radical (unpaired) electrons. The van der Waals surface area contributed by atoms with E-state index in [1.807, 2.05) is 0 Å². The number of fused-ring (bicyclic) bond motifs is 1. The first-order valence-corrected chi connectivity index (χ1v) is 7.23. The maximum absolute atomic E-state index is 12.2. The van der Waals surface area contributed by atoms with Gasteiger partial charge in [-0.3, -0.25) is 10.1 Å². The van der Waals surface area contributed by atoms with Crippen LogP contribution in [0.4, 0.5) is 5.95 Å². The summed E-state index contributed by atoms with van der Waals surface area (Å²) in [5, 5.41) is 3.03. The molecular weight excluding hydrogens is 381 g/mol. The zero-order chi connectivity index (χ0) is 15.0. The van der Waals surface area contributed by atoms with E-state index in [1.165, 1.54) is 6.33 Å². The zero-order valence-corrected chi connectivity index (χ0v) is 13.3. The van der Waals surface area contributed by atoms with Crippen LogP contribution in [0.5, 0.6) is 0 Å². The van der Waals surface area contributed by atoms with Crippen LogP contribution in [0.3, 0.4) is 0 Å². The van der Waals surface area contributed by atoms with Crippen LogP contribution in [0.15, 0.2) is 29.0 Å². The van der Waals surface area contributed by atoms with Gasteiger partial charge in [0.05, 0.1) is 16.9 Å². The number of aromatic nitrogens is 4. The average Bonchev–Trinajstić information content (AvgIpc) is 2.90. The van der Waals surface area contributed by atoms with Crippen molar-refractivity contribution < 1.29 is 4.79 Å². The summed E-state index contributed by atoms with van der Waals surface area (Å²) in [6, 6.07) is 5.04. The van der Waals surface area contributed by atoms with Crippen molar-refractivity contribution in [3.63, 3.8) is 0 Å². The number of anilines is 1. The number of hydrogen-bond donors (Lipinski definition) is 2. The van der Waals surface area contributed by atoms with Crippen LogP contribution >= 0.6 is 39.1 Å². The Morgan fingerprint density at radius 1 is 1.29 bits per heavy atom. The van der Waals surface area contributed by atoms with Crippen LogP contribution in [0.2, 0.25) is 10.2 Å². The van der Waals surface area contributed by atoms with Crippen LogP contribution < -0.4 is 5.32 Å². The lowest BCUT2D eigenvalue weighted by Crippen LogP contribution is -2.15. The van der Waals surface area contributed by atoms with Gasteiger partial charge in [-0.25, -0.2) is 4.98 Å². The molecule has 2 aromatic heterocycles. The van der Waals surface area contributed by atoms with Crippen LogP contribution in [0, 0.1) is 0 Å². The van der Waals surface area contributed by atoms with Crippen LogP contribution in [-0.4, -0.2) is 25.8 Å². The Labute approximate surface area is 137 Å². The molecular formula is C12H6BrCl2N5O. The van der Waals surface area contributed by atoms with Crippen molar-refractivity contribution in [1.29, 1.82) is 0 Å². The van der Waals surface area contributed by atoms with Crippen molar-refractivity contribution in [3.8, 4) is 0 Å². The summed E-state index contributed by atoms with van der Waals surface area (Å²) in [6.07, 6.45) is 1.45. The molecule has 3 aromatic rings. The minimum Gasteiger partial charge on any atom is -0.341 e. The highest BCUT2D eigenvalue weighted by Gasteiger charge is 2.15. The van der Waals surface area contributed by atoms with Gasteiger partial charge in [-0.15, -0.1) is 0 Å².